The van der Waals surface area contributed by atoms with Crippen LogP contribution in [0.5, 0.6) is 5.75 Å². The van der Waals surface area contributed by atoms with Crippen molar-refractivity contribution in [1.29, 1.82) is 0 Å². The first-order valence-electron chi connectivity index (χ1n) is 5.25. The van der Waals surface area contributed by atoms with E-state index < -0.39 is 0 Å². The lowest BCUT2D eigenvalue weighted by atomic mass is 10.1. The fraction of sp³-hybridized carbons (Fsp3) is 0.0714. The minimum atomic E-state index is 0.808. The molecule has 0 aromatic heterocycles. The van der Waals surface area contributed by atoms with E-state index in [9.17, 15) is 0 Å². The summed E-state index contributed by atoms with van der Waals surface area (Å²) in [6.07, 6.45) is 9.77. The Bertz CT molecular complexity index is 562. The second-order valence-corrected chi connectivity index (χ2v) is 3.85. The average Bonchev–Trinajstić information content (AvgIpc) is 2.50. The Morgan fingerprint density at radius 1 is 1.12 bits per heavy atom. The number of nitrogens with zero attached hydrogens (tertiary/aromatic N) is 1. The van der Waals surface area contributed by atoms with Crippen LogP contribution in [0, 0.1) is 6.92 Å². The lowest BCUT2D eigenvalue weighted by molar-refractivity contribution is 0.451. The number of aliphatic imine (C=N–C) groups is 1. The maximum absolute atomic E-state index is 5.82. The second-order valence-electron chi connectivity index (χ2n) is 3.85. The summed E-state index contributed by atoms with van der Waals surface area (Å²) in [7, 11) is 0. The van der Waals surface area contributed by atoms with Crippen LogP contribution in [0.25, 0.3) is 0 Å². The van der Waals surface area contributed by atoms with Crippen LogP contribution in [-0.2, 0) is 0 Å². The molecule has 16 heavy (non-hydrogen) atoms. The van der Waals surface area contributed by atoms with E-state index in [-0.39, 0.29) is 0 Å². The maximum atomic E-state index is 5.82. The molecule has 0 bridgehead atoms. The fourth-order valence-corrected chi connectivity index (χ4v) is 1.74. The highest BCUT2D eigenvalue weighted by atomic mass is 16.5. The van der Waals surface area contributed by atoms with Crippen molar-refractivity contribution in [3.63, 3.8) is 0 Å². The molecule has 0 N–H and O–H groups in total. The minimum Gasteiger partial charge on any atom is -0.453 e. The van der Waals surface area contributed by atoms with Crippen LogP contribution in [0.15, 0.2) is 59.3 Å². The summed E-state index contributed by atoms with van der Waals surface area (Å²) in [6, 6.07) is 6.04. The minimum absolute atomic E-state index is 0.808. The lowest BCUT2D eigenvalue weighted by Crippen LogP contribution is -2.10. The molecule has 0 unspecified atom stereocenters. The Morgan fingerprint density at radius 2 is 2.06 bits per heavy atom. The van der Waals surface area contributed by atoms with Gasteiger partial charge in [-0.2, -0.15) is 0 Å². The molecule has 0 amide bonds. The van der Waals surface area contributed by atoms with Crippen molar-refractivity contribution in [1.82, 2.24) is 0 Å². The number of rotatable bonds is 0. The molecule has 2 heteroatoms. The monoisotopic (exact) mass is 209 g/mol. The number of allylic oxidation sites excluding steroid dienone is 5. The van der Waals surface area contributed by atoms with E-state index in [1.165, 1.54) is 5.56 Å². The molecule has 2 nitrogen and oxygen atoms in total. The van der Waals surface area contributed by atoms with Gasteiger partial charge in [0.05, 0.1) is 0 Å². The predicted molar refractivity (Wildman–Crippen MR) is 65.3 cm³/mol. The van der Waals surface area contributed by atoms with Crippen LogP contribution < -0.4 is 4.74 Å². The summed E-state index contributed by atoms with van der Waals surface area (Å²) < 4.78 is 5.82. The van der Waals surface area contributed by atoms with E-state index in [2.05, 4.69) is 4.99 Å². The van der Waals surface area contributed by atoms with Gasteiger partial charge < -0.3 is 4.74 Å². The van der Waals surface area contributed by atoms with Gasteiger partial charge in [-0.15, -0.1) is 0 Å². The van der Waals surface area contributed by atoms with E-state index in [0.717, 1.165) is 22.9 Å². The predicted octanol–water partition coefficient (Wildman–Crippen LogP) is 3.47. The van der Waals surface area contributed by atoms with E-state index >= 15 is 0 Å². The molecule has 0 saturated carbocycles. The normalized spacial score (nSPS) is 16.6. The number of aryl methyl sites for hydroxylation is 1. The second kappa shape index (κ2) is 3.49. The summed E-state index contributed by atoms with van der Waals surface area (Å²) in [5, 5.41) is 0. The molecule has 2 aliphatic rings. The first-order valence-corrected chi connectivity index (χ1v) is 5.25. The molecule has 0 fully saturated rings. The van der Waals surface area contributed by atoms with Crippen molar-refractivity contribution in [2.45, 2.75) is 6.92 Å². The van der Waals surface area contributed by atoms with Crippen molar-refractivity contribution in [3.05, 3.63) is 59.9 Å². The number of fused-ring (bicyclic) bond motifs is 2. The summed E-state index contributed by atoms with van der Waals surface area (Å²) in [4.78, 5) is 4.57. The Morgan fingerprint density at radius 3 is 3.00 bits per heavy atom. The van der Waals surface area contributed by atoms with Gasteiger partial charge in [-0.1, -0.05) is 24.3 Å². The fourth-order valence-electron chi connectivity index (χ4n) is 1.74. The average molecular weight is 209 g/mol. The van der Waals surface area contributed by atoms with Crippen LogP contribution in [0.4, 0.5) is 5.69 Å². The molecular formula is C14H11NO. The highest BCUT2D eigenvalue weighted by Crippen LogP contribution is 2.34. The van der Waals surface area contributed by atoms with E-state index in [1.807, 2.05) is 55.5 Å². The molecule has 1 aliphatic carbocycles. The zero-order valence-corrected chi connectivity index (χ0v) is 8.97. The van der Waals surface area contributed by atoms with E-state index in [4.69, 9.17) is 4.74 Å². The Balaban J connectivity index is 2.16. The van der Waals surface area contributed by atoms with Gasteiger partial charge >= 0.3 is 0 Å². The highest BCUT2D eigenvalue weighted by molar-refractivity contribution is 6.10. The van der Waals surface area contributed by atoms with Gasteiger partial charge in [-0.05, 0) is 36.8 Å². The van der Waals surface area contributed by atoms with Gasteiger partial charge in [0.25, 0.3) is 0 Å². The van der Waals surface area contributed by atoms with E-state index in [1.54, 1.807) is 0 Å². The van der Waals surface area contributed by atoms with Crippen LogP contribution in [-0.4, -0.2) is 5.71 Å². The number of hydrogen-bond donors (Lipinski definition) is 0. The van der Waals surface area contributed by atoms with Gasteiger partial charge in [0.15, 0.2) is 11.5 Å². The Labute approximate surface area is 94.3 Å². The molecule has 1 aromatic carbocycles. The van der Waals surface area contributed by atoms with Gasteiger partial charge in [-0.3, -0.25) is 0 Å². The maximum Gasteiger partial charge on any atom is 0.153 e. The molecule has 0 spiro atoms. The van der Waals surface area contributed by atoms with Crippen LogP contribution >= 0.6 is 0 Å². The largest absolute Gasteiger partial charge is 0.453 e. The molecular weight excluding hydrogens is 198 g/mol. The van der Waals surface area contributed by atoms with Gasteiger partial charge in [0, 0.05) is 0 Å². The first-order chi connectivity index (χ1) is 7.83. The zero-order chi connectivity index (χ0) is 11.0. The van der Waals surface area contributed by atoms with Gasteiger partial charge in [0.2, 0.25) is 0 Å². The standard InChI is InChI=1S/C14H11NO/c1-10-7-8-12-14(9-10)16-13-6-4-2-3-5-11(13)15-12/h2-9H,1H3. The number of hydrogen-bond acceptors (Lipinski definition) is 2. The molecule has 0 saturated heterocycles. The molecule has 1 aliphatic heterocycles. The van der Waals surface area contributed by atoms with Crippen molar-refractivity contribution < 1.29 is 4.74 Å². The van der Waals surface area contributed by atoms with Gasteiger partial charge in [-0.25, -0.2) is 4.99 Å². The SMILES string of the molecule is Cc1ccc2c(c1)OC1=CC=CC=CC1=N2. The molecule has 1 heterocycles. The third-order valence-corrected chi connectivity index (χ3v) is 2.55. The number of ether oxygens (including phenoxy) is 1. The van der Waals surface area contributed by atoms with Crippen LogP contribution in [0.2, 0.25) is 0 Å². The van der Waals surface area contributed by atoms with Crippen LogP contribution in [0.3, 0.4) is 0 Å². The van der Waals surface area contributed by atoms with Crippen molar-refractivity contribution >= 4 is 11.4 Å². The third-order valence-electron chi connectivity index (χ3n) is 2.55. The molecule has 1 aromatic rings. The van der Waals surface area contributed by atoms with Crippen molar-refractivity contribution in [2.75, 3.05) is 0 Å². The summed E-state index contributed by atoms with van der Waals surface area (Å²) in [5.41, 5.74) is 2.95. The van der Waals surface area contributed by atoms with Gasteiger partial charge in [0.1, 0.15) is 11.4 Å². The topological polar surface area (TPSA) is 21.6 Å². The molecule has 78 valence electrons. The number of benzene rings is 1. The van der Waals surface area contributed by atoms with E-state index in [0.29, 0.717) is 0 Å². The smallest absolute Gasteiger partial charge is 0.153 e. The summed E-state index contributed by atoms with van der Waals surface area (Å²) in [6.45, 7) is 2.05. The summed E-state index contributed by atoms with van der Waals surface area (Å²) in [5.74, 6) is 1.64. The molecule has 3 rings (SSSR count). The lowest BCUT2D eigenvalue weighted by Gasteiger charge is -2.17. The highest BCUT2D eigenvalue weighted by Gasteiger charge is 2.16. The Hall–Kier alpha value is -2.09. The molecule has 0 radical (unpaired) electrons. The zero-order valence-electron chi connectivity index (χ0n) is 8.97. The van der Waals surface area contributed by atoms with Crippen molar-refractivity contribution in [3.8, 4) is 5.75 Å². The first kappa shape index (κ1) is 9.16. The quantitative estimate of drug-likeness (QED) is 0.641. The molecule has 0 atom stereocenters. The Kier molecular flexibility index (Phi) is 2.00. The third kappa shape index (κ3) is 1.48. The van der Waals surface area contributed by atoms with Crippen molar-refractivity contribution in [2.24, 2.45) is 4.99 Å². The van der Waals surface area contributed by atoms with Crippen LogP contribution in [0.1, 0.15) is 5.56 Å². The summed E-state index contributed by atoms with van der Waals surface area (Å²) >= 11 is 0.